The van der Waals surface area contributed by atoms with Crippen molar-refractivity contribution in [2.45, 2.75) is 19.4 Å². The number of benzene rings is 2. The summed E-state index contributed by atoms with van der Waals surface area (Å²) in [6.45, 7) is 2.94. The first kappa shape index (κ1) is 16.8. The smallest absolute Gasteiger partial charge is 0.124 e. The quantitative estimate of drug-likeness (QED) is 0.661. The molecule has 0 aliphatic carbocycles. The molecule has 21 heavy (non-hydrogen) atoms. The Kier molecular flexibility index (Phi) is 6.06. The number of hydrogen-bond acceptors (Lipinski definition) is 1. The Morgan fingerprint density at radius 2 is 1.90 bits per heavy atom. The molecule has 0 spiro atoms. The van der Waals surface area contributed by atoms with Crippen LogP contribution in [-0.4, -0.2) is 6.54 Å². The van der Waals surface area contributed by atoms with Crippen LogP contribution in [0.3, 0.4) is 0 Å². The second kappa shape index (κ2) is 7.59. The van der Waals surface area contributed by atoms with Gasteiger partial charge in [0.2, 0.25) is 0 Å². The molecule has 2 rings (SSSR count). The van der Waals surface area contributed by atoms with Crippen molar-refractivity contribution in [3.05, 3.63) is 67.9 Å². The zero-order valence-corrected chi connectivity index (χ0v) is 14.6. The minimum Gasteiger partial charge on any atom is -0.306 e. The van der Waals surface area contributed by atoms with Crippen LogP contribution in [0.15, 0.2) is 40.9 Å². The van der Waals surface area contributed by atoms with Gasteiger partial charge in [-0.2, -0.15) is 0 Å². The minimum atomic E-state index is -0.269. The predicted molar refractivity (Wildman–Crippen MR) is 90.7 cm³/mol. The summed E-state index contributed by atoms with van der Waals surface area (Å²) in [4.78, 5) is 0. The van der Waals surface area contributed by atoms with Crippen molar-refractivity contribution < 1.29 is 4.39 Å². The third-order valence-electron chi connectivity index (χ3n) is 3.15. The molecule has 112 valence electrons. The molecule has 2 aromatic rings. The largest absolute Gasteiger partial charge is 0.306 e. The molecule has 0 saturated heterocycles. The van der Waals surface area contributed by atoms with Gasteiger partial charge in [-0.15, -0.1) is 0 Å². The molecule has 0 amide bonds. The van der Waals surface area contributed by atoms with Crippen molar-refractivity contribution in [2.24, 2.45) is 0 Å². The molecule has 5 heteroatoms. The highest BCUT2D eigenvalue weighted by molar-refractivity contribution is 9.10. The molecule has 1 N–H and O–H groups in total. The molecule has 1 nitrogen and oxygen atoms in total. The molecule has 0 radical (unpaired) electrons. The summed E-state index contributed by atoms with van der Waals surface area (Å²) in [6, 6.07) is 10.2. The molecule has 0 aromatic heterocycles. The predicted octanol–water partition coefficient (Wildman–Crippen LogP) is 5.98. The van der Waals surface area contributed by atoms with Crippen molar-refractivity contribution >= 4 is 39.1 Å². The van der Waals surface area contributed by atoms with Gasteiger partial charge in [-0.25, -0.2) is 4.39 Å². The minimum absolute atomic E-state index is 0.0744. The first-order chi connectivity index (χ1) is 10.0. The van der Waals surface area contributed by atoms with Crippen LogP contribution in [0.1, 0.15) is 30.5 Å². The van der Waals surface area contributed by atoms with E-state index >= 15 is 0 Å². The summed E-state index contributed by atoms with van der Waals surface area (Å²) in [5.74, 6) is -0.269. The maximum Gasteiger partial charge on any atom is 0.124 e. The fourth-order valence-electron chi connectivity index (χ4n) is 2.12. The van der Waals surface area contributed by atoms with Gasteiger partial charge in [-0.3, -0.25) is 0 Å². The van der Waals surface area contributed by atoms with E-state index in [1.54, 1.807) is 12.1 Å². The van der Waals surface area contributed by atoms with E-state index in [4.69, 9.17) is 23.2 Å². The van der Waals surface area contributed by atoms with Gasteiger partial charge in [-0.1, -0.05) is 58.2 Å². The Bertz CT molecular complexity index is 634. The summed E-state index contributed by atoms with van der Waals surface area (Å²) in [7, 11) is 0. The van der Waals surface area contributed by atoms with Crippen LogP contribution >= 0.6 is 39.1 Å². The highest BCUT2D eigenvalue weighted by Crippen LogP contribution is 2.32. The van der Waals surface area contributed by atoms with Crippen molar-refractivity contribution in [1.29, 1.82) is 0 Å². The highest BCUT2D eigenvalue weighted by Gasteiger charge is 2.17. The topological polar surface area (TPSA) is 12.0 Å². The molecule has 2 aromatic carbocycles. The Hall–Kier alpha value is -0.610. The summed E-state index contributed by atoms with van der Waals surface area (Å²) < 4.78 is 14.0. The van der Waals surface area contributed by atoms with Crippen LogP contribution < -0.4 is 5.32 Å². The van der Waals surface area contributed by atoms with Crippen LogP contribution in [0.5, 0.6) is 0 Å². The van der Waals surface area contributed by atoms with E-state index in [2.05, 4.69) is 28.2 Å². The van der Waals surface area contributed by atoms with E-state index in [-0.39, 0.29) is 11.9 Å². The van der Waals surface area contributed by atoms with Crippen LogP contribution in [-0.2, 0) is 0 Å². The molecule has 0 heterocycles. The standard InChI is InChI=1S/C16H15BrCl2FN/c1-2-7-21-16(10-3-6-14(18)15(19)8-10)12-5-4-11(20)9-13(12)17/h3-6,8-9,16,21H,2,7H2,1H3. The monoisotopic (exact) mass is 389 g/mol. The van der Waals surface area contributed by atoms with Crippen LogP contribution in [0.25, 0.3) is 0 Å². The molecule has 1 atom stereocenters. The van der Waals surface area contributed by atoms with Gasteiger partial charge in [0.15, 0.2) is 0 Å². The Morgan fingerprint density at radius 1 is 1.14 bits per heavy atom. The van der Waals surface area contributed by atoms with Crippen molar-refractivity contribution in [1.82, 2.24) is 5.32 Å². The van der Waals surface area contributed by atoms with Gasteiger partial charge in [0.05, 0.1) is 16.1 Å². The average molecular weight is 391 g/mol. The van der Waals surface area contributed by atoms with Gasteiger partial charge in [0.1, 0.15) is 5.82 Å². The fourth-order valence-corrected chi connectivity index (χ4v) is 3.01. The first-order valence-corrected chi connectivity index (χ1v) is 8.21. The maximum atomic E-state index is 13.3. The third-order valence-corrected chi connectivity index (χ3v) is 4.57. The number of nitrogens with one attached hydrogen (secondary N) is 1. The maximum absolute atomic E-state index is 13.3. The summed E-state index contributed by atoms with van der Waals surface area (Å²) in [6.07, 6.45) is 0.997. The number of halogens is 4. The van der Waals surface area contributed by atoms with Gasteiger partial charge >= 0.3 is 0 Å². The lowest BCUT2D eigenvalue weighted by Crippen LogP contribution is -2.23. The van der Waals surface area contributed by atoms with Gasteiger partial charge < -0.3 is 5.32 Å². The second-order valence-corrected chi connectivity index (χ2v) is 6.40. The summed E-state index contributed by atoms with van der Waals surface area (Å²) in [5, 5.41) is 4.49. The Morgan fingerprint density at radius 3 is 2.52 bits per heavy atom. The third kappa shape index (κ3) is 4.19. The lowest BCUT2D eigenvalue weighted by Gasteiger charge is -2.21. The van der Waals surface area contributed by atoms with E-state index in [1.807, 2.05) is 12.1 Å². The number of hydrogen-bond donors (Lipinski definition) is 1. The average Bonchev–Trinajstić information content (AvgIpc) is 2.44. The zero-order chi connectivity index (χ0) is 15.4. The molecular formula is C16H15BrCl2FN. The normalized spacial score (nSPS) is 12.4. The molecule has 0 aliphatic rings. The fraction of sp³-hybridized carbons (Fsp3) is 0.250. The molecule has 0 saturated carbocycles. The molecule has 0 bridgehead atoms. The summed E-state index contributed by atoms with van der Waals surface area (Å²) in [5.41, 5.74) is 1.95. The highest BCUT2D eigenvalue weighted by atomic mass is 79.9. The van der Waals surface area contributed by atoms with Crippen molar-refractivity contribution in [3.63, 3.8) is 0 Å². The lowest BCUT2D eigenvalue weighted by molar-refractivity contribution is 0.590. The van der Waals surface area contributed by atoms with Crippen LogP contribution in [0.4, 0.5) is 4.39 Å². The number of rotatable bonds is 5. The Labute approximate surface area is 142 Å². The van der Waals surface area contributed by atoms with E-state index in [0.29, 0.717) is 10.0 Å². The molecule has 1 unspecified atom stereocenters. The lowest BCUT2D eigenvalue weighted by atomic mass is 9.98. The van der Waals surface area contributed by atoms with E-state index in [1.165, 1.54) is 12.1 Å². The van der Waals surface area contributed by atoms with Crippen LogP contribution in [0, 0.1) is 5.82 Å². The van der Waals surface area contributed by atoms with Gasteiger partial charge in [-0.05, 0) is 48.4 Å². The van der Waals surface area contributed by atoms with Crippen molar-refractivity contribution in [3.8, 4) is 0 Å². The van der Waals surface area contributed by atoms with E-state index in [0.717, 1.165) is 28.6 Å². The zero-order valence-electron chi connectivity index (χ0n) is 11.5. The second-order valence-electron chi connectivity index (χ2n) is 4.73. The van der Waals surface area contributed by atoms with E-state index < -0.39 is 0 Å². The Balaban J connectivity index is 2.44. The van der Waals surface area contributed by atoms with Crippen molar-refractivity contribution in [2.75, 3.05) is 6.54 Å². The van der Waals surface area contributed by atoms with Gasteiger partial charge in [0, 0.05) is 4.47 Å². The SMILES string of the molecule is CCCNC(c1ccc(Cl)c(Cl)c1)c1ccc(F)cc1Br. The molecule has 0 fully saturated rings. The molecule has 0 aliphatic heterocycles. The first-order valence-electron chi connectivity index (χ1n) is 6.66. The van der Waals surface area contributed by atoms with Gasteiger partial charge in [0.25, 0.3) is 0 Å². The van der Waals surface area contributed by atoms with Crippen LogP contribution in [0.2, 0.25) is 10.0 Å². The molecular weight excluding hydrogens is 376 g/mol. The summed E-state index contributed by atoms with van der Waals surface area (Å²) >= 11 is 15.5. The van der Waals surface area contributed by atoms with E-state index in [9.17, 15) is 4.39 Å².